The van der Waals surface area contributed by atoms with E-state index in [1.807, 2.05) is 4.90 Å². The lowest BCUT2D eigenvalue weighted by molar-refractivity contribution is -0.129. The first kappa shape index (κ1) is 13.8. The molecule has 0 aromatic carbocycles. The second-order valence-electron chi connectivity index (χ2n) is 4.83. The Bertz CT molecular complexity index is 271. The number of carbonyl (C=O) groups excluding carboxylic acids is 2. The first-order valence-electron chi connectivity index (χ1n) is 6.22. The van der Waals surface area contributed by atoms with Gasteiger partial charge in [0.05, 0.1) is 0 Å². The highest BCUT2D eigenvalue weighted by molar-refractivity contribution is 5.83. The Kier molecular flexibility index (Phi) is 5.25. The average molecular weight is 241 g/mol. The fourth-order valence-electron chi connectivity index (χ4n) is 1.92. The van der Waals surface area contributed by atoms with Crippen molar-refractivity contribution in [2.75, 3.05) is 40.8 Å². The van der Waals surface area contributed by atoms with Crippen molar-refractivity contribution in [3.63, 3.8) is 0 Å². The van der Waals surface area contributed by atoms with Crippen LogP contribution in [0.1, 0.15) is 25.7 Å². The molecule has 1 aliphatic rings. The summed E-state index contributed by atoms with van der Waals surface area (Å²) in [5.41, 5.74) is 0. The van der Waals surface area contributed by atoms with Gasteiger partial charge in [0.15, 0.2) is 0 Å². The van der Waals surface area contributed by atoms with Gasteiger partial charge in [-0.2, -0.15) is 0 Å². The summed E-state index contributed by atoms with van der Waals surface area (Å²) in [6, 6.07) is -0.0258. The first-order chi connectivity index (χ1) is 8.02. The molecule has 1 fully saturated rings. The minimum absolute atomic E-state index is 0.0258. The molecule has 0 saturated carbocycles. The Morgan fingerprint density at radius 1 is 1.00 bits per heavy atom. The number of likely N-dealkylation sites (N-methyl/N-ethyl adjacent to an activating group) is 2. The standard InChI is InChI=1S/C12H23N3O2/c1-13(2)11(16)10-14(3)12(17)15-8-6-4-5-7-9-15/h4-10H2,1-3H3. The molecule has 0 radical (unpaired) electrons. The first-order valence-corrected chi connectivity index (χ1v) is 6.22. The van der Waals surface area contributed by atoms with Gasteiger partial charge < -0.3 is 14.7 Å². The third-order valence-corrected chi connectivity index (χ3v) is 3.07. The molecule has 5 nitrogen and oxygen atoms in total. The molecule has 1 aliphatic heterocycles. The molecule has 1 heterocycles. The van der Waals surface area contributed by atoms with Crippen LogP contribution in [0, 0.1) is 0 Å². The largest absolute Gasteiger partial charge is 0.347 e. The molecule has 3 amide bonds. The Labute approximate surface area is 103 Å². The van der Waals surface area contributed by atoms with Crippen LogP contribution in [0.3, 0.4) is 0 Å². The summed E-state index contributed by atoms with van der Waals surface area (Å²) in [7, 11) is 5.09. The van der Waals surface area contributed by atoms with Crippen LogP contribution in [-0.2, 0) is 4.79 Å². The molecule has 5 heteroatoms. The molecule has 0 N–H and O–H groups in total. The zero-order chi connectivity index (χ0) is 12.8. The van der Waals surface area contributed by atoms with E-state index < -0.39 is 0 Å². The molecule has 0 aromatic heterocycles. The van der Waals surface area contributed by atoms with Crippen LogP contribution in [-0.4, -0.2) is 67.4 Å². The van der Waals surface area contributed by atoms with Crippen LogP contribution in [0.25, 0.3) is 0 Å². The molecular formula is C12H23N3O2. The van der Waals surface area contributed by atoms with E-state index in [1.54, 1.807) is 21.1 Å². The normalized spacial score (nSPS) is 16.3. The second-order valence-corrected chi connectivity index (χ2v) is 4.83. The second kappa shape index (κ2) is 6.47. The Morgan fingerprint density at radius 3 is 2.00 bits per heavy atom. The highest BCUT2D eigenvalue weighted by Crippen LogP contribution is 2.11. The lowest BCUT2D eigenvalue weighted by Crippen LogP contribution is -2.45. The van der Waals surface area contributed by atoms with E-state index in [2.05, 4.69) is 0 Å². The molecular weight excluding hydrogens is 218 g/mol. The summed E-state index contributed by atoms with van der Waals surface area (Å²) >= 11 is 0. The predicted octanol–water partition coefficient (Wildman–Crippen LogP) is 1.00. The van der Waals surface area contributed by atoms with E-state index >= 15 is 0 Å². The monoisotopic (exact) mass is 241 g/mol. The SMILES string of the molecule is CN(C)C(=O)CN(C)C(=O)N1CCCCCC1. The maximum Gasteiger partial charge on any atom is 0.320 e. The van der Waals surface area contributed by atoms with Gasteiger partial charge in [-0.3, -0.25) is 4.79 Å². The van der Waals surface area contributed by atoms with E-state index in [-0.39, 0.29) is 18.5 Å². The third-order valence-electron chi connectivity index (χ3n) is 3.07. The fourth-order valence-corrected chi connectivity index (χ4v) is 1.92. The predicted molar refractivity (Wildman–Crippen MR) is 66.8 cm³/mol. The minimum Gasteiger partial charge on any atom is -0.347 e. The molecule has 0 spiro atoms. The molecule has 0 bridgehead atoms. The highest BCUT2D eigenvalue weighted by Gasteiger charge is 2.21. The number of hydrogen-bond acceptors (Lipinski definition) is 2. The maximum atomic E-state index is 12.1. The van der Waals surface area contributed by atoms with E-state index in [4.69, 9.17) is 0 Å². The molecule has 17 heavy (non-hydrogen) atoms. The Morgan fingerprint density at radius 2 is 1.53 bits per heavy atom. The maximum absolute atomic E-state index is 12.1. The quantitative estimate of drug-likeness (QED) is 0.724. The van der Waals surface area contributed by atoms with Crippen LogP contribution < -0.4 is 0 Å². The van der Waals surface area contributed by atoms with Crippen molar-refractivity contribution in [1.82, 2.24) is 14.7 Å². The number of carbonyl (C=O) groups is 2. The highest BCUT2D eigenvalue weighted by atomic mass is 16.2. The average Bonchev–Trinajstić information content (AvgIpc) is 2.56. The van der Waals surface area contributed by atoms with Crippen molar-refractivity contribution in [1.29, 1.82) is 0 Å². The summed E-state index contributed by atoms with van der Waals surface area (Å²) in [5.74, 6) is -0.0457. The van der Waals surface area contributed by atoms with Gasteiger partial charge >= 0.3 is 6.03 Å². The minimum atomic E-state index is -0.0457. The zero-order valence-electron chi connectivity index (χ0n) is 11.1. The molecule has 1 saturated heterocycles. The number of nitrogens with zero attached hydrogens (tertiary/aromatic N) is 3. The van der Waals surface area contributed by atoms with Crippen molar-refractivity contribution in [2.45, 2.75) is 25.7 Å². The number of rotatable bonds is 2. The molecule has 0 atom stereocenters. The van der Waals surface area contributed by atoms with Gasteiger partial charge in [0, 0.05) is 34.2 Å². The van der Waals surface area contributed by atoms with Gasteiger partial charge in [-0.15, -0.1) is 0 Å². The van der Waals surface area contributed by atoms with E-state index in [1.165, 1.54) is 22.6 Å². The van der Waals surface area contributed by atoms with Crippen LogP contribution in [0.4, 0.5) is 4.79 Å². The van der Waals surface area contributed by atoms with Crippen LogP contribution in [0.5, 0.6) is 0 Å². The van der Waals surface area contributed by atoms with Crippen LogP contribution >= 0.6 is 0 Å². The van der Waals surface area contributed by atoms with Crippen molar-refractivity contribution >= 4 is 11.9 Å². The van der Waals surface area contributed by atoms with E-state index in [9.17, 15) is 9.59 Å². The van der Waals surface area contributed by atoms with Gasteiger partial charge in [0.2, 0.25) is 5.91 Å². The van der Waals surface area contributed by atoms with Crippen molar-refractivity contribution in [3.8, 4) is 0 Å². The van der Waals surface area contributed by atoms with Gasteiger partial charge in [0.25, 0.3) is 0 Å². The smallest absolute Gasteiger partial charge is 0.320 e. The summed E-state index contributed by atoms with van der Waals surface area (Å²) in [5, 5.41) is 0. The Balaban J connectivity index is 2.47. The number of likely N-dealkylation sites (tertiary alicyclic amines) is 1. The molecule has 1 rings (SSSR count). The van der Waals surface area contributed by atoms with Crippen molar-refractivity contribution < 1.29 is 9.59 Å². The summed E-state index contributed by atoms with van der Waals surface area (Å²) in [6.45, 7) is 1.79. The Hall–Kier alpha value is -1.26. The third kappa shape index (κ3) is 4.24. The lowest BCUT2D eigenvalue weighted by atomic mass is 10.2. The van der Waals surface area contributed by atoms with Crippen molar-refractivity contribution in [2.24, 2.45) is 0 Å². The molecule has 98 valence electrons. The fraction of sp³-hybridized carbons (Fsp3) is 0.833. The summed E-state index contributed by atoms with van der Waals surface area (Å²) in [4.78, 5) is 28.5. The van der Waals surface area contributed by atoms with Gasteiger partial charge in [-0.25, -0.2) is 4.79 Å². The van der Waals surface area contributed by atoms with E-state index in [0.29, 0.717) is 0 Å². The molecule has 0 aliphatic carbocycles. The summed E-state index contributed by atoms with van der Waals surface area (Å²) in [6.07, 6.45) is 4.54. The van der Waals surface area contributed by atoms with Crippen LogP contribution in [0.15, 0.2) is 0 Å². The van der Waals surface area contributed by atoms with Gasteiger partial charge in [-0.1, -0.05) is 12.8 Å². The number of urea groups is 1. The van der Waals surface area contributed by atoms with Crippen molar-refractivity contribution in [3.05, 3.63) is 0 Å². The van der Waals surface area contributed by atoms with Gasteiger partial charge in [-0.05, 0) is 12.8 Å². The van der Waals surface area contributed by atoms with Gasteiger partial charge in [0.1, 0.15) is 6.54 Å². The lowest BCUT2D eigenvalue weighted by Gasteiger charge is -2.27. The number of amides is 3. The van der Waals surface area contributed by atoms with Crippen LogP contribution in [0.2, 0.25) is 0 Å². The molecule has 0 unspecified atom stereocenters. The zero-order valence-corrected chi connectivity index (χ0v) is 11.1. The molecule has 0 aromatic rings. The number of hydrogen-bond donors (Lipinski definition) is 0. The van der Waals surface area contributed by atoms with E-state index in [0.717, 1.165) is 25.9 Å². The topological polar surface area (TPSA) is 43.9 Å². The summed E-state index contributed by atoms with van der Waals surface area (Å²) < 4.78 is 0.